The number of nitrogens with zero attached hydrogens (tertiary/aromatic N) is 1. The number of amides is 2. The molecule has 4 aromatic carbocycles. The number of carbonyl (C=O) groups is 3. The van der Waals surface area contributed by atoms with Gasteiger partial charge in [0.2, 0.25) is 0 Å². The molecule has 2 N–H and O–H groups in total. The van der Waals surface area contributed by atoms with Gasteiger partial charge in [0.15, 0.2) is 0 Å². The van der Waals surface area contributed by atoms with Crippen LogP contribution in [-0.2, 0) is 16.1 Å². The smallest absolute Gasteiger partial charge is 0.411 e. The lowest BCUT2D eigenvalue weighted by atomic mass is 9.98. The van der Waals surface area contributed by atoms with E-state index in [9.17, 15) is 18.8 Å². The van der Waals surface area contributed by atoms with Crippen LogP contribution in [0.2, 0.25) is 0 Å². The maximum Gasteiger partial charge on any atom is 0.411 e. The molecule has 5 rings (SSSR count). The molecule has 40 heavy (non-hydrogen) atoms. The van der Waals surface area contributed by atoms with Gasteiger partial charge >= 0.3 is 12.1 Å². The molecule has 0 saturated heterocycles. The van der Waals surface area contributed by atoms with Crippen LogP contribution in [0.4, 0.5) is 14.9 Å². The van der Waals surface area contributed by atoms with Crippen molar-refractivity contribution in [1.82, 2.24) is 4.90 Å². The van der Waals surface area contributed by atoms with Gasteiger partial charge in [0, 0.05) is 30.3 Å². The second-order valence-electron chi connectivity index (χ2n) is 9.54. The average Bonchev–Trinajstić information content (AvgIpc) is 3.27. The molecule has 0 radical (unpaired) electrons. The monoisotopic (exact) mass is 538 g/mol. The molecule has 4 aromatic rings. The van der Waals surface area contributed by atoms with Gasteiger partial charge in [-0.25, -0.2) is 9.18 Å². The highest BCUT2D eigenvalue weighted by Gasteiger charge is 2.29. The molecular formula is C32H27FN2O5. The number of anilines is 1. The number of benzene rings is 4. The summed E-state index contributed by atoms with van der Waals surface area (Å²) >= 11 is 0. The molecule has 0 spiro atoms. The number of halogens is 1. The van der Waals surface area contributed by atoms with Crippen LogP contribution >= 0.6 is 0 Å². The number of rotatable bonds is 9. The summed E-state index contributed by atoms with van der Waals surface area (Å²) in [6.45, 7) is 0.175. The molecule has 0 aromatic heterocycles. The lowest BCUT2D eigenvalue weighted by Gasteiger charge is -2.23. The molecule has 0 saturated carbocycles. The minimum absolute atomic E-state index is 0.0183. The first-order valence-electron chi connectivity index (χ1n) is 12.9. The summed E-state index contributed by atoms with van der Waals surface area (Å²) in [6.07, 6.45) is -1.04. The van der Waals surface area contributed by atoms with E-state index in [0.29, 0.717) is 0 Å². The first-order chi connectivity index (χ1) is 19.4. The zero-order valence-electron chi connectivity index (χ0n) is 21.5. The number of carboxylic acids is 1. The van der Waals surface area contributed by atoms with Crippen molar-refractivity contribution in [2.24, 2.45) is 0 Å². The summed E-state index contributed by atoms with van der Waals surface area (Å²) in [4.78, 5) is 38.6. The fourth-order valence-electron chi connectivity index (χ4n) is 5.01. The number of aliphatic carboxylic acids is 1. The molecule has 8 heteroatoms. The quantitative estimate of drug-likeness (QED) is 0.261. The summed E-state index contributed by atoms with van der Waals surface area (Å²) in [7, 11) is 0. The molecule has 0 aliphatic heterocycles. The van der Waals surface area contributed by atoms with Crippen LogP contribution in [0.25, 0.3) is 11.1 Å². The van der Waals surface area contributed by atoms with Crippen molar-refractivity contribution < 1.29 is 28.6 Å². The van der Waals surface area contributed by atoms with Crippen molar-refractivity contribution in [2.45, 2.75) is 18.9 Å². The van der Waals surface area contributed by atoms with Crippen LogP contribution in [0.3, 0.4) is 0 Å². The van der Waals surface area contributed by atoms with Crippen molar-refractivity contribution in [1.29, 1.82) is 0 Å². The van der Waals surface area contributed by atoms with Crippen LogP contribution < -0.4 is 5.32 Å². The number of ether oxygens (including phenoxy) is 1. The molecule has 202 valence electrons. The number of hydrogen-bond acceptors (Lipinski definition) is 4. The summed E-state index contributed by atoms with van der Waals surface area (Å²) in [5.74, 6) is -2.47. The number of carboxylic acid groups (broad SMARTS) is 1. The van der Waals surface area contributed by atoms with E-state index in [2.05, 4.69) is 5.32 Å². The number of hydrogen-bond donors (Lipinski definition) is 2. The molecule has 0 fully saturated rings. The van der Waals surface area contributed by atoms with E-state index in [1.165, 1.54) is 11.0 Å². The Hall–Kier alpha value is -4.98. The Bertz CT molecular complexity index is 1510. The van der Waals surface area contributed by atoms with Gasteiger partial charge in [0.25, 0.3) is 5.91 Å². The van der Waals surface area contributed by atoms with E-state index in [1.54, 1.807) is 0 Å². The Morgan fingerprint density at radius 1 is 0.850 bits per heavy atom. The Balaban J connectivity index is 1.29. The van der Waals surface area contributed by atoms with E-state index in [0.717, 1.165) is 39.9 Å². The topological polar surface area (TPSA) is 95.9 Å². The molecule has 1 aliphatic carbocycles. The maximum atomic E-state index is 14.5. The molecule has 2 amide bonds. The predicted octanol–water partition coefficient (Wildman–Crippen LogP) is 6.30. The van der Waals surface area contributed by atoms with Crippen LogP contribution in [0.5, 0.6) is 0 Å². The van der Waals surface area contributed by atoms with Crippen LogP contribution in [-0.4, -0.2) is 41.1 Å². The highest BCUT2D eigenvalue weighted by molar-refractivity contribution is 5.96. The summed E-state index contributed by atoms with van der Waals surface area (Å²) in [5.41, 5.74) is 5.17. The first-order valence-corrected chi connectivity index (χ1v) is 12.9. The zero-order chi connectivity index (χ0) is 28.1. The van der Waals surface area contributed by atoms with Gasteiger partial charge in [-0.2, -0.15) is 0 Å². The lowest BCUT2D eigenvalue weighted by molar-refractivity contribution is -0.137. The maximum absolute atomic E-state index is 14.5. The first kappa shape index (κ1) is 26.6. The van der Waals surface area contributed by atoms with Gasteiger partial charge in [-0.15, -0.1) is 0 Å². The van der Waals surface area contributed by atoms with Gasteiger partial charge in [0.1, 0.15) is 12.4 Å². The normalized spacial score (nSPS) is 11.8. The summed E-state index contributed by atoms with van der Waals surface area (Å²) < 4.78 is 20.1. The van der Waals surface area contributed by atoms with Gasteiger partial charge in [-0.05, 0) is 46.0 Å². The summed E-state index contributed by atoms with van der Waals surface area (Å²) in [5, 5.41) is 11.7. The Kier molecular flexibility index (Phi) is 7.87. The Morgan fingerprint density at radius 2 is 1.48 bits per heavy atom. The minimum atomic E-state index is -1.05. The largest absolute Gasteiger partial charge is 0.481 e. The molecule has 0 atom stereocenters. The van der Waals surface area contributed by atoms with Crippen LogP contribution in [0.1, 0.15) is 39.4 Å². The van der Waals surface area contributed by atoms with E-state index in [4.69, 9.17) is 9.84 Å². The van der Waals surface area contributed by atoms with Gasteiger partial charge in [-0.1, -0.05) is 78.9 Å². The Labute approximate surface area is 230 Å². The van der Waals surface area contributed by atoms with Gasteiger partial charge in [0.05, 0.1) is 6.42 Å². The van der Waals surface area contributed by atoms with Crippen molar-refractivity contribution in [3.05, 3.63) is 125 Å². The second-order valence-corrected chi connectivity index (χ2v) is 9.54. The third-order valence-electron chi connectivity index (χ3n) is 6.83. The standard InChI is InChI=1S/C32H27FN2O5/c33-23-16-22(31(38)35(15-14-30(36)37)19-21-8-2-1-3-9-21)17-24(18-23)34-32(39)40-20-29-27-12-6-4-10-25(27)26-11-5-7-13-28(26)29/h1-13,16-18,29H,14-15,19-20H2,(H,34,39)(H,36,37). The average molecular weight is 539 g/mol. The third kappa shape index (κ3) is 6.02. The predicted molar refractivity (Wildman–Crippen MR) is 149 cm³/mol. The fraction of sp³-hybridized carbons (Fsp3) is 0.156. The fourth-order valence-corrected chi connectivity index (χ4v) is 5.01. The number of nitrogens with one attached hydrogen (secondary N) is 1. The van der Waals surface area contributed by atoms with E-state index < -0.39 is 23.8 Å². The number of fused-ring (bicyclic) bond motifs is 3. The lowest BCUT2D eigenvalue weighted by Crippen LogP contribution is -2.32. The van der Waals surface area contributed by atoms with Gasteiger partial charge < -0.3 is 14.7 Å². The molecule has 7 nitrogen and oxygen atoms in total. The molecule has 0 bridgehead atoms. The molecule has 1 aliphatic rings. The molecule has 0 unspecified atom stereocenters. The SMILES string of the molecule is O=C(O)CCN(Cc1ccccc1)C(=O)c1cc(F)cc(NC(=O)OCC2c3ccccc3-c3ccccc32)c1. The summed E-state index contributed by atoms with van der Waals surface area (Å²) in [6, 6.07) is 28.5. The van der Waals surface area contributed by atoms with Crippen molar-refractivity contribution >= 4 is 23.7 Å². The number of carbonyl (C=O) groups excluding carboxylic acids is 2. The van der Waals surface area contributed by atoms with E-state index >= 15 is 0 Å². The molecule has 0 heterocycles. The Morgan fingerprint density at radius 3 is 2.12 bits per heavy atom. The van der Waals surface area contributed by atoms with E-state index in [1.807, 2.05) is 78.9 Å². The van der Waals surface area contributed by atoms with Crippen molar-refractivity contribution in [3.63, 3.8) is 0 Å². The molecular weight excluding hydrogens is 511 g/mol. The van der Waals surface area contributed by atoms with Crippen LogP contribution in [0.15, 0.2) is 97.1 Å². The van der Waals surface area contributed by atoms with Crippen molar-refractivity contribution in [2.75, 3.05) is 18.5 Å². The highest BCUT2D eigenvalue weighted by Crippen LogP contribution is 2.44. The minimum Gasteiger partial charge on any atom is -0.481 e. The third-order valence-corrected chi connectivity index (χ3v) is 6.83. The van der Waals surface area contributed by atoms with E-state index in [-0.39, 0.29) is 43.3 Å². The van der Waals surface area contributed by atoms with Gasteiger partial charge in [-0.3, -0.25) is 14.9 Å². The zero-order valence-corrected chi connectivity index (χ0v) is 21.5. The van der Waals surface area contributed by atoms with Crippen LogP contribution in [0, 0.1) is 5.82 Å². The second kappa shape index (κ2) is 11.8. The highest BCUT2D eigenvalue weighted by atomic mass is 19.1. The van der Waals surface area contributed by atoms with Crippen molar-refractivity contribution in [3.8, 4) is 11.1 Å².